The molecular formula is C6H6IN3. The first kappa shape index (κ1) is 7.46. The number of halogens is 1. The van der Waals surface area contributed by atoms with Gasteiger partial charge >= 0.3 is 0 Å². The van der Waals surface area contributed by atoms with Crippen LogP contribution in [-0.4, -0.2) is 9.21 Å². The van der Waals surface area contributed by atoms with Gasteiger partial charge in [0.25, 0.3) is 0 Å². The second kappa shape index (κ2) is 3.50. The molecule has 1 rings (SSSR count). The molecule has 1 aromatic heterocycles. The lowest BCUT2D eigenvalue weighted by molar-refractivity contribution is 1.32. The molecule has 0 aliphatic carbocycles. The third kappa shape index (κ3) is 1.66. The third-order valence-corrected chi connectivity index (χ3v) is 1.29. The van der Waals surface area contributed by atoms with Gasteiger partial charge in [0, 0.05) is 6.20 Å². The van der Waals surface area contributed by atoms with Crippen LogP contribution in [0.1, 0.15) is 0 Å². The minimum absolute atomic E-state index is 0.607. The fourth-order valence-electron chi connectivity index (χ4n) is 0.569. The van der Waals surface area contributed by atoms with Crippen LogP contribution in [0.15, 0.2) is 23.5 Å². The van der Waals surface area contributed by atoms with Crippen LogP contribution in [0.5, 0.6) is 0 Å². The molecule has 0 fully saturated rings. The maximum Gasteiger partial charge on any atom is 0.0895 e. The molecule has 0 saturated heterocycles. The summed E-state index contributed by atoms with van der Waals surface area (Å²) in [7, 11) is 0. The van der Waals surface area contributed by atoms with E-state index < -0.39 is 0 Å². The van der Waals surface area contributed by atoms with Crippen molar-refractivity contribution in [2.75, 3.05) is 5.73 Å². The Morgan fingerprint density at radius 3 is 3.10 bits per heavy atom. The van der Waals surface area contributed by atoms with Crippen LogP contribution in [0.2, 0.25) is 0 Å². The number of aliphatic imine (C=N–C) groups is 1. The van der Waals surface area contributed by atoms with E-state index in [1.54, 1.807) is 22.7 Å². The summed E-state index contributed by atoms with van der Waals surface area (Å²) in [5.41, 5.74) is 6.90. The smallest absolute Gasteiger partial charge is 0.0895 e. The minimum atomic E-state index is 0.607. The van der Waals surface area contributed by atoms with Crippen molar-refractivity contribution in [3.8, 4) is 0 Å². The highest BCUT2D eigenvalue weighted by molar-refractivity contribution is 14.1. The van der Waals surface area contributed by atoms with Crippen molar-refractivity contribution in [2.24, 2.45) is 4.99 Å². The fourth-order valence-corrected chi connectivity index (χ4v) is 0.870. The number of nitrogen functional groups attached to an aromatic ring is 1. The van der Waals surface area contributed by atoms with Gasteiger partial charge in [0.1, 0.15) is 0 Å². The average molecular weight is 247 g/mol. The van der Waals surface area contributed by atoms with E-state index in [0.717, 1.165) is 5.69 Å². The summed E-state index contributed by atoms with van der Waals surface area (Å²) in [6, 6.07) is 1.77. The molecule has 10 heavy (non-hydrogen) atoms. The summed E-state index contributed by atoms with van der Waals surface area (Å²) in [5, 5.41) is 0. The maximum atomic E-state index is 5.53. The molecule has 0 saturated carbocycles. The van der Waals surface area contributed by atoms with E-state index in [0.29, 0.717) is 5.69 Å². The van der Waals surface area contributed by atoms with Gasteiger partial charge in [0.05, 0.1) is 21.8 Å². The van der Waals surface area contributed by atoms with E-state index in [2.05, 4.69) is 9.98 Å². The standard InChI is InChI=1S/C6H6IN3/c7-4-10-6-1-2-9-3-5(6)8/h1-4H,8H2/b10-4-. The molecule has 0 unspecified atom stereocenters. The van der Waals surface area contributed by atoms with E-state index in [4.69, 9.17) is 5.73 Å². The zero-order valence-electron chi connectivity index (χ0n) is 5.16. The van der Waals surface area contributed by atoms with Crippen LogP contribution in [0.3, 0.4) is 0 Å². The second-order valence-corrected chi connectivity index (χ2v) is 2.22. The molecule has 0 aliphatic heterocycles. The number of hydrogen-bond acceptors (Lipinski definition) is 3. The lowest BCUT2D eigenvalue weighted by Gasteiger charge is -1.94. The van der Waals surface area contributed by atoms with Crippen molar-refractivity contribution in [2.45, 2.75) is 0 Å². The fraction of sp³-hybridized carbons (Fsp3) is 0. The molecule has 0 amide bonds. The Balaban J connectivity index is 3.03. The third-order valence-electron chi connectivity index (χ3n) is 1.02. The van der Waals surface area contributed by atoms with Crippen LogP contribution in [0.25, 0.3) is 0 Å². The van der Waals surface area contributed by atoms with Gasteiger partial charge in [-0.1, -0.05) is 0 Å². The molecule has 3 nitrogen and oxygen atoms in total. The Labute approximate surface area is 72.5 Å². The van der Waals surface area contributed by atoms with Gasteiger partial charge < -0.3 is 5.73 Å². The van der Waals surface area contributed by atoms with Gasteiger partial charge in [-0.2, -0.15) is 0 Å². The molecule has 0 spiro atoms. The first-order valence-electron chi connectivity index (χ1n) is 2.67. The van der Waals surface area contributed by atoms with Crippen molar-refractivity contribution in [3.05, 3.63) is 18.5 Å². The summed E-state index contributed by atoms with van der Waals surface area (Å²) in [5.74, 6) is 0. The van der Waals surface area contributed by atoms with Crippen LogP contribution in [0, 0.1) is 0 Å². The van der Waals surface area contributed by atoms with E-state index in [1.807, 2.05) is 22.6 Å². The molecule has 1 heterocycles. The normalized spacial score (nSPS) is 10.5. The lowest BCUT2D eigenvalue weighted by atomic mass is 10.4. The van der Waals surface area contributed by atoms with Gasteiger partial charge in [-0.05, 0) is 28.7 Å². The number of aromatic nitrogens is 1. The number of pyridine rings is 1. The topological polar surface area (TPSA) is 51.3 Å². The summed E-state index contributed by atoms with van der Waals surface area (Å²) in [6.07, 6.45) is 3.24. The van der Waals surface area contributed by atoms with E-state index in [1.165, 1.54) is 0 Å². The molecule has 0 atom stereocenters. The molecular weight excluding hydrogens is 241 g/mol. The number of anilines is 1. The predicted molar refractivity (Wildman–Crippen MR) is 50.8 cm³/mol. The number of nitrogens with two attached hydrogens (primary N) is 1. The van der Waals surface area contributed by atoms with Crippen molar-refractivity contribution in [1.82, 2.24) is 4.98 Å². The Morgan fingerprint density at radius 1 is 1.70 bits per heavy atom. The van der Waals surface area contributed by atoms with Crippen molar-refractivity contribution >= 4 is 38.2 Å². The number of rotatable bonds is 1. The highest BCUT2D eigenvalue weighted by atomic mass is 127. The predicted octanol–water partition coefficient (Wildman–Crippen LogP) is 1.76. The zero-order valence-corrected chi connectivity index (χ0v) is 7.32. The summed E-state index contributed by atoms with van der Waals surface area (Å²) in [4.78, 5) is 7.83. The SMILES string of the molecule is Nc1cnccc1/N=C\I. The molecule has 2 N–H and O–H groups in total. The lowest BCUT2D eigenvalue weighted by Crippen LogP contribution is -1.85. The quantitative estimate of drug-likeness (QED) is 0.607. The molecule has 0 aromatic carbocycles. The summed E-state index contributed by atoms with van der Waals surface area (Å²) in [6.45, 7) is 0. The van der Waals surface area contributed by atoms with Crippen LogP contribution in [-0.2, 0) is 0 Å². The minimum Gasteiger partial charge on any atom is -0.396 e. The van der Waals surface area contributed by atoms with E-state index in [-0.39, 0.29) is 0 Å². The molecule has 52 valence electrons. The monoisotopic (exact) mass is 247 g/mol. The Hall–Kier alpha value is -0.650. The first-order valence-corrected chi connectivity index (χ1v) is 3.91. The molecule has 1 aromatic rings. The highest BCUT2D eigenvalue weighted by Crippen LogP contribution is 2.18. The number of hydrogen-bond donors (Lipinski definition) is 1. The van der Waals surface area contributed by atoms with E-state index >= 15 is 0 Å². The average Bonchev–Trinajstić information content (AvgIpc) is 1.94. The van der Waals surface area contributed by atoms with Gasteiger partial charge in [-0.25, -0.2) is 4.99 Å². The van der Waals surface area contributed by atoms with Gasteiger partial charge in [0.2, 0.25) is 0 Å². The van der Waals surface area contributed by atoms with Crippen LogP contribution < -0.4 is 5.73 Å². The molecule has 0 aliphatic rings. The largest absolute Gasteiger partial charge is 0.396 e. The molecule has 4 heteroatoms. The van der Waals surface area contributed by atoms with Gasteiger partial charge in [-0.3, -0.25) is 4.98 Å². The summed E-state index contributed by atoms with van der Waals surface area (Å²) < 4.78 is 1.67. The highest BCUT2D eigenvalue weighted by Gasteiger charge is 1.91. The van der Waals surface area contributed by atoms with Crippen molar-refractivity contribution in [1.29, 1.82) is 0 Å². The first-order chi connectivity index (χ1) is 4.84. The Morgan fingerprint density at radius 2 is 2.50 bits per heavy atom. The van der Waals surface area contributed by atoms with Crippen molar-refractivity contribution in [3.63, 3.8) is 0 Å². The van der Waals surface area contributed by atoms with Crippen molar-refractivity contribution < 1.29 is 0 Å². The van der Waals surface area contributed by atoms with Crippen LogP contribution >= 0.6 is 22.6 Å². The second-order valence-electron chi connectivity index (χ2n) is 1.66. The summed E-state index contributed by atoms with van der Waals surface area (Å²) >= 11 is 2.04. The molecule has 0 radical (unpaired) electrons. The van der Waals surface area contributed by atoms with Gasteiger partial charge in [0.15, 0.2) is 0 Å². The molecule has 0 bridgehead atoms. The zero-order chi connectivity index (χ0) is 7.40. The number of nitrogens with zero attached hydrogens (tertiary/aromatic N) is 2. The maximum absolute atomic E-state index is 5.53. The Kier molecular flexibility index (Phi) is 2.61. The van der Waals surface area contributed by atoms with E-state index in [9.17, 15) is 0 Å². The van der Waals surface area contributed by atoms with Gasteiger partial charge in [-0.15, -0.1) is 0 Å². The Bertz CT molecular complexity index is 247. The van der Waals surface area contributed by atoms with Crippen LogP contribution in [0.4, 0.5) is 11.4 Å².